The number of urea groups is 1. The van der Waals surface area contributed by atoms with Crippen molar-refractivity contribution in [3.63, 3.8) is 0 Å². The highest BCUT2D eigenvalue weighted by Gasteiger charge is 2.22. The molecule has 0 unspecified atom stereocenters. The number of benzene rings is 2. The van der Waals surface area contributed by atoms with Crippen molar-refractivity contribution < 1.29 is 9.53 Å². The highest BCUT2D eigenvalue weighted by molar-refractivity contribution is 7.18. The van der Waals surface area contributed by atoms with Crippen LogP contribution in [0.25, 0.3) is 10.2 Å². The van der Waals surface area contributed by atoms with Crippen molar-refractivity contribution in [2.45, 2.75) is 6.54 Å². The number of para-hydroxylation sites is 3. The first-order valence-electron chi connectivity index (χ1n) is 8.98. The molecular formula is C20H22N4O2S. The number of rotatable bonds is 4. The second-order valence-electron chi connectivity index (χ2n) is 6.47. The molecule has 1 N–H and O–H groups in total. The number of carbonyl (C=O) groups is 1. The van der Waals surface area contributed by atoms with Gasteiger partial charge >= 0.3 is 6.03 Å². The van der Waals surface area contributed by atoms with Crippen LogP contribution in [0.5, 0.6) is 5.75 Å². The topological polar surface area (TPSA) is 57.7 Å². The first-order valence-corrected chi connectivity index (χ1v) is 9.80. The number of carbonyl (C=O) groups excluding carboxylic acids is 1. The highest BCUT2D eigenvalue weighted by atomic mass is 32.1. The average molecular weight is 382 g/mol. The molecule has 0 bridgehead atoms. The third-order valence-electron chi connectivity index (χ3n) is 4.71. The summed E-state index contributed by atoms with van der Waals surface area (Å²) >= 11 is 1.74. The molecule has 3 aromatic rings. The Bertz CT molecular complexity index is 901. The van der Waals surface area contributed by atoms with E-state index in [2.05, 4.69) is 22.3 Å². The molecule has 4 rings (SSSR count). The van der Waals surface area contributed by atoms with Crippen molar-refractivity contribution in [1.29, 1.82) is 0 Å². The molecule has 0 spiro atoms. The van der Waals surface area contributed by atoms with E-state index in [1.54, 1.807) is 18.4 Å². The molecule has 1 saturated heterocycles. The summed E-state index contributed by atoms with van der Waals surface area (Å²) in [5, 5.41) is 4.07. The van der Waals surface area contributed by atoms with Crippen molar-refractivity contribution in [3.8, 4) is 5.75 Å². The van der Waals surface area contributed by atoms with Gasteiger partial charge in [0.25, 0.3) is 0 Å². The molecule has 1 aliphatic rings. The van der Waals surface area contributed by atoms with Gasteiger partial charge in [-0.1, -0.05) is 24.3 Å². The Morgan fingerprint density at radius 1 is 1.11 bits per heavy atom. The normalized spacial score (nSPS) is 15.1. The Kier molecular flexibility index (Phi) is 5.22. The number of anilines is 1. The van der Waals surface area contributed by atoms with Crippen LogP contribution in [0.2, 0.25) is 0 Å². The first kappa shape index (κ1) is 17.8. The molecule has 27 heavy (non-hydrogen) atoms. The van der Waals surface area contributed by atoms with Gasteiger partial charge in [-0.3, -0.25) is 4.90 Å². The summed E-state index contributed by atoms with van der Waals surface area (Å²) in [7, 11) is 1.60. The summed E-state index contributed by atoms with van der Waals surface area (Å²) in [4.78, 5) is 21.5. The third kappa shape index (κ3) is 4.04. The number of nitrogens with one attached hydrogen (secondary N) is 1. The Morgan fingerprint density at radius 2 is 1.85 bits per heavy atom. The second-order valence-corrected chi connectivity index (χ2v) is 7.58. The number of ether oxygens (including phenoxy) is 1. The zero-order valence-corrected chi connectivity index (χ0v) is 16.0. The van der Waals surface area contributed by atoms with E-state index in [4.69, 9.17) is 9.72 Å². The molecule has 2 aromatic carbocycles. The van der Waals surface area contributed by atoms with Crippen molar-refractivity contribution in [2.75, 3.05) is 38.6 Å². The maximum absolute atomic E-state index is 12.5. The van der Waals surface area contributed by atoms with Crippen molar-refractivity contribution in [2.24, 2.45) is 0 Å². The van der Waals surface area contributed by atoms with E-state index in [9.17, 15) is 4.79 Å². The van der Waals surface area contributed by atoms with Gasteiger partial charge in [0, 0.05) is 26.2 Å². The summed E-state index contributed by atoms with van der Waals surface area (Å²) in [6.45, 7) is 3.92. The van der Waals surface area contributed by atoms with Crippen LogP contribution < -0.4 is 10.1 Å². The number of nitrogens with zero attached hydrogens (tertiary/aromatic N) is 3. The Labute approximate surface area is 162 Å². The number of amides is 2. The predicted molar refractivity (Wildman–Crippen MR) is 108 cm³/mol. The van der Waals surface area contributed by atoms with Crippen LogP contribution in [-0.4, -0.2) is 54.1 Å². The van der Waals surface area contributed by atoms with Crippen LogP contribution in [0.1, 0.15) is 5.01 Å². The number of methoxy groups -OCH3 is 1. The average Bonchev–Trinajstić information content (AvgIpc) is 3.11. The summed E-state index contributed by atoms with van der Waals surface area (Å²) in [6, 6.07) is 15.6. The molecular weight excluding hydrogens is 360 g/mol. The maximum Gasteiger partial charge on any atom is 0.322 e. The molecule has 2 heterocycles. The minimum atomic E-state index is -0.0841. The second kappa shape index (κ2) is 7.94. The molecule has 0 saturated carbocycles. The van der Waals surface area contributed by atoms with Crippen molar-refractivity contribution in [1.82, 2.24) is 14.8 Å². The van der Waals surface area contributed by atoms with Crippen LogP contribution >= 0.6 is 11.3 Å². The third-order valence-corrected chi connectivity index (χ3v) is 5.73. The summed E-state index contributed by atoms with van der Waals surface area (Å²) in [5.74, 6) is 0.667. The molecule has 140 valence electrons. The van der Waals surface area contributed by atoms with Crippen LogP contribution in [0.15, 0.2) is 48.5 Å². The molecule has 0 aliphatic carbocycles. The number of fused-ring (bicyclic) bond motifs is 1. The van der Waals surface area contributed by atoms with E-state index in [-0.39, 0.29) is 6.03 Å². The Morgan fingerprint density at radius 3 is 2.63 bits per heavy atom. The van der Waals surface area contributed by atoms with Crippen LogP contribution in [0.4, 0.5) is 10.5 Å². The lowest BCUT2D eigenvalue weighted by atomic mass is 10.3. The molecule has 1 aliphatic heterocycles. The molecule has 2 amide bonds. The summed E-state index contributed by atoms with van der Waals surface area (Å²) < 4.78 is 6.52. The van der Waals surface area contributed by atoms with E-state index in [0.717, 1.165) is 30.2 Å². The Balaban J connectivity index is 1.32. The van der Waals surface area contributed by atoms with Gasteiger partial charge in [-0.15, -0.1) is 11.3 Å². The number of hydrogen-bond donors (Lipinski definition) is 1. The standard InChI is InChI=1S/C20H22N4O2S/c1-26-17-8-4-2-6-15(17)22-20(25)24-12-10-23(11-13-24)14-19-21-16-7-3-5-9-18(16)27-19/h2-9H,10-14H2,1H3,(H,22,25). The maximum atomic E-state index is 12.5. The highest BCUT2D eigenvalue weighted by Crippen LogP contribution is 2.24. The van der Waals surface area contributed by atoms with E-state index < -0.39 is 0 Å². The van der Waals surface area contributed by atoms with Gasteiger partial charge in [0.05, 0.1) is 29.6 Å². The fourth-order valence-electron chi connectivity index (χ4n) is 3.23. The number of hydrogen-bond acceptors (Lipinski definition) is 5. The van der Waals surface area contributed by atoms with Crippen LogP contribution in [0.3, 0.4) is 0 Å². The minimum absolute atomic E-state index is 0.0841. The van der Waals surface area contributed by atoms with E-state index in [0.29, 0.717) is 24.5 Å². The van der Waals surface area contributed by atoms with Crippen LogP contribution in [-0.2, 0) is 6.54 Å². The summed E-state index contributed by atoms with van der Waals surface area (Å²) in [5.41, 5.74) is 1.76. The van der Waals surface area contributed by atoms with Crippen molar-refractivity contribution in [3.05, 3.63) is 53.5 Å². The van der Waals surface area contributed by atoms with Crippen LogP contribution in [0, 0.1) is 0 Å². The van der Waals surface area contributed by atoms with Gasteiger partial charge in [-0.05, 0) is 24.3 Å². The van der Waals surface area contributed by atoms with Gasteiger partial charge < -0.3 is 15.0 Å². The fraction of sp³-hybridized carbons (Fsp3) is 0.300. The van der Waals surface area contributed by atoms with Gasteiger partial charge in [0.1, 0.15) is 10.8 Å². The molecule has 0 radical (unpaired) electrons. The lowest BCUT2D eigenvalue weighted by molar-refractivity contribution is 0.143. The van der Waals surface area contributed by atoms with Gasteiger partial charge in [0.2, 0.25) is 0 Å². The fourth-order valence-corrected chi connectivity index (χ4v) is 4.24. The quantitative estimate of drug-likeness (QED) is 0.748. The minimum Gasteiger partial charge on any atom is -0.495 e. The van der Waals surface area contributed by atoms with E-state index in [1.165, 1.54) is 4.70 Å². The lowest BCUT2D eigenvalue weighted by Crippen LogP contribution is -2.49. The zero-order chi connectivity index (χ0) is 18.6. The molecule has 1 aromatic heterocycles. The first-order chi connectivity index (χ1) is 13.2. The zero-order valence-electron chi connectivity index (χ0n) is 15.2. The monoisotopic (exact) mass is 382 g/mol. The van der Waals surface area contributed by atoms with E-state index >= 15 is 0 Å². The predicted octanol–water partition coefficient (Wildman–Crippen LogP) is 3.65. The SMILES string of the molecule is COc1ccccc1NC(=O)N1CCN(Cc2nc3ccccc3s2)CC1. The molecule has 6 nitrogen and oxygen atoms in total. The smallest absolute Gasteiger partial charge is 0.322 e. The Hall–Kier alpha value is -2.64. The lowest BCUT2D eigenvalue weighted by Gasteiger charge is -2.34. The largest absolute Gasteiger partial charge is 0.495 e. The van der Waals surface area contributed by atoms with E-state index in [1.807, 2.05) is 41.3 Å². The number of piperazine rings is 1. The molecule has 1 fully saturated rings. The number of thiazole rings is 1. The van der Waals surface area contributed by atoms with Gasteiger partial charge in [-0.2, -0.15) is 0 Å². The van der Waals surface area contributed by atoms with Crippen molar-refractivity contribution >= 4 is 33.3 Å². The summed E-state index contributed by atoms with van der Waals surface area (Å²) in [6.07, 6.45) is 0. The molecule has 0 atom stereocenters. The van der Waals surface area contributed by atoms with Gasteiger partial charge in [0.15, 0.2) is 0 Å². The molecule has 7 heteroatoms. The number of aromatic nitrogens is 1. The van der Waals surface area contributed by atoms with Gasteiger partial charge in [-0.25, -0.2) is 9.78 Å².